The van der Waals surface area contributed by atoms with Crippen LogP contribution in [0.2, 0.25) is 0 Å². The van der Waals surface area contributed by atoms with Gasteiger partial charge in [0, 0.05) is 26.2 Å². The lowest BCUT2D eigenvalue weighted by Crippen LogP contribution is -2.37. The lowest BCUT2D eigenvalue weighted by molar-refractivity contribution is -0.384. The minimum Gasteiger partial charge on any atom is -0.371 e. The Kier molecular flexibility index (Phi) is 4.91. The van der Waals surface area contributed by atoms with Crippen molar-refractivity contribution in [2.75, 3.05) is 5.32 Å². The van der Waals surface area contributed by atoms with E-state index in [2.05, 4.69) is 9.88 Å². The van der Waals surface area contributed by atoms with Crippen molar-refractivity contribution < 1.29 is 4.92 Å². The van der Waals surface area contributed by atoms with E-state index < -0.39 is 16.7 Å². The van der Waals surface area contributed by atoms with E-state index in [9.17, 15) is 19.7 Å². The molecule has 1 N–H and O–H groups in total. The molecule has 184 valence electrons. The minimum atomic E-state index is -0.477. The predicted octanol–water partition coefficient (Wildman–Crippen LogP) is 4.43. The Morgan fingerprint density at radius 3 is 2.35 bits per heavy atom. The summed E-state index contributed by atoms with van der Waals surface area (Å²) >= 11 is 0. The van der Waals surface area contributed by atoms with Crippen LogP contribution in [0.25, 0.3) is 27.8 Å². The van der Waals surface area contributed by atoms with Crippen LogP contribution in [0.3, 0.4) is 0 Å². The number of nitro benzene ring substituents is 1. The molecule has 0 saturated carbocycles. The zero-order valence-corrected chi connectivity index (χ0v) is 20.4. The maximum atomic E-state index is 13.7. The summed E-state index contributed by atoms with van der Waals surface area (Å²) in [6.45, 7) is 1.99. The number of anilines is 1. The monoisotopic (exact) mass is 493 g/mol. The number of para-hydroxylation sites is 2. The van der Waals surface area contributed by atoms with Gasteiger partial charge in [-0.2, -0.15) is 0 Å². The Morgan fingerprint density at radius 2 is 1.65 bits per heavy atom. The summed E-state index contributed by atoms with van der Waals surface area (Å²) in [6, 6.07) is 21.6. The van der Waals surface area contributed by atoms with Crippen LogP contribution < -0.4 is 16.6 Å². The van der Waals surface area contributed by atoms with E-state index in [1.54, 1.807) is 19.2 Å². The van der Waals surface area contributed by atoms with Gasteiger partial charge in [0.1, 0.15) is 0 Å². The lowest BCUT2D eigenvalue weighted by atomic mass is 9.99. The van der Waals surface area contributed by atoms with Crippen LogP contribution in [0.1, 0.15) is 22.9 Å². The Labute approximate surface area is 211 Å². The number of aryl methyl sites for hydroxylation is 2. The largest absolute Gasteiger partial charge is 0.371 e. The zero-order chi connectivity index (χ0) is 26.0. The molecule has 1 aliphatic rings. The summed E-state index contributed by atoms with van der Waals surface area (Å²) < 4.78 is 4.70. The Bertz CT molecular complexity index is 1860. The molecule has 1 aliphatic heterocycles. The second-order valence-corrected chi connectivity index (χ2v) is 9.31. The van der Waals surface area contributed by atoms with Crippen molar-refractivity contribution >= 4 is 22.3 Å². The van der Waals surface area contributed by atoms with Crippen molar-refractivity contribution in [2.24, 2.45) is 14.1 Å². The SMILES string of the molecule is Cc1cccc(-c2c3c(=O)n(C)c(=O)n(C)c3c3n2-c2ccccc2NC3c2ccc([N+](=O)[O-])cc2)c1. The lowest BCUT2D eigenvalue weighted by Gasteiger charge is -2.31. The fourth-order valence-corrected chi connectivity index (χ4v) is 5.32. The molecule has 0 radical (unpaired) electrons. The van der Waals surface area contributed by atoms with Crippen molar-refractivity contribution in [3.63, 3.8) is 0 Å². The molecule has 1 atom stereocenters. The molecule has 3 aromatic carbocycles. The van der Waals surface area contributed by atoms with E-state index in [4.69, 9.17) is 0 Å². The quantitative estimate of drug-likeness (QED) is 0.296. The highest BCUT2D eigenvalue weighted by atomic mass is 16.6. The van der Waals surface area contributed by atoms with Crippen molar-refractivity contribution in [1.82, 2.24) is 13.7 Å². The Morgan fingerprint density at radius 1 is 0.919 bits per heavy atom. The second-order valence-electron chi connectivity index (χ2n) is 9.31. The molecule has 0 aliphatic carbocycles. The zero-order valence-electron chi connectivity index (χ0n) is 20.4. The summed E-state index contributed by atoms with van der Waals surface area (Å²) in [5.74, 6) is 0. The van der Waals surface area contributed by atoms with Gasteiger partial charge in [-0.25, -0.2) is 4.79 Å². The minimum absolute atomic E-state index is 0.0121. The third-order valence-electron chi connectivity index (χ3n) is 7.06. The Hall–Kier alpha value is -4.92. The number of non-ortho nitro benzene ring substituents is 1. The van der Waals surface area contributed by atoms with E-state index in [0.717, 1.165) is 38.3 Å². The van der Waals surface area contributed by atoms with Gasteiger partial charge in [-0.05, 0) is 48.4 Å². The molecule has 0 fully saturated rings. The van der Waals surface area contributed by atoms with Gasteiger partial charge in [-0.3, -0.25) is 24.0 Å². The van der Waals surface area contributed by atoms with Crippen LogP contribution >= 0.6 is 0 Å². The molecule has 9 heteroatoms. The molecule has 0 bridgehead atoms. The molecule has 1 unspecified atom stereocenters. The van der Waals surface area contributed by atoms with Crippen molar-refractivity contribution in [2.45, 2.75) is 13.0 Å². The van der Waals surface area contributed by atoms with Crippen LogP contribution in [0.4, 0.5) is 11.4 Å². The molecular weight excluding hydrogens is 470 g/mol. The predicted molar refractivity (Wildman–Crippen MR) is 142 cm³/mol. The van der Waals surface area contributed by atoms with E-state index in [-0.39, 0.29) is 11.2 Å². The van der Waals surface area contributed by atoms with Gasteiger partial charge >= 0.3 is 5.69 Å². The van der Waals surface area contributed by atoms with E-state index in [1.807, 2.05) is 55.5 Å². The van der Waals surface area contributed by atoms with E-state index in [0.29, 0.717) is 16.6 Å². The number of hydrogen-bond acceptors (Lipinski definition) is 5. The van der Waals surface area contributed by atoms with Gasteiger partial charge in [0.2, 0.25) is 0 Å². The van der Waals surface area contributed by atoms with Gasteiger partial charge in [-0.1, -0.05) is 35.9 Å². The highest BCUT2D eigenvalue weighted by Gasteiger charge is 2.34. The molecule has 0 amide bonds. The van der Waals surface area contributed by atoms with Crippen molar-refractivity contribution in [3.8, 4) is 16.9 Å². The van der Waals surface area contributed by atoms with E-state index in [1.165, 1.54) is 23.7 Å². The molecule has 0 spiro atoms. The summed E-state index contributed by atoms with van der Waals surface area (Å²) in [6.07, 6.45) is 0. The Balaban J connectivity index is 1.81. The number of nitrogens with zero attached hydrogens (tertiary/aromatic N) is 4. The van der Waals surface area contributed by atoms with E-state index >= 15 is 0 Å². The third kappa shape index (κ3) is 3.24. The highest BCUT2D eigenvalue weighted by Crippen LogP contribution is 2.45. The first-order valence-electron chi connectivity index (χ1n) is 11.8. The number of fused-ring (bicyclic) bond motifs is 5. The van der Waals surface area contributed by atoms with Crippen LogP contribution in [0, 0.1) is 17.0 Å². The van der Waals surface area contributed by atoms with Gasteiger partial charge in [0.05, 0.1) is 44.6 Å². The van der Waals surface area contributed by atoms with Gasteiger partial charge in [-0.15, -0.1) is 0 Å². The maximum absolute atomic E-state index is 13.7. The molecular formula is C28H23N5O4. The second kappa shape index (κ2) is 8.06. The number of benzene rings is 3. The van der Waals surface area contributed by atoms with Gasteiger partial charge in [0.15, 0.2) is 0 Å². The first-order chi connectivity index (χ1) is 17.8. The maximum Gasteiger partial charge on any atom is 0.331 e. The fourth-order valence-electron chi connectivity index (χ4n) is 5.32. The highest BCUT2D eigenvalue weighted by molar-refractivity contribution is 5.99. The average molecular weight is 494 g/mol. The molecule has 3 heterocycles. The summed E-state index contributed by atoms with van der Waals surface area (Å²) in [5.41, 5.74) is 5.47. The smallest absolute Gasteiger partial charge is 0.331 e. The average Bonchev–Trinajstić information content (AvgIpc) is 3.27. The third-order valence-corrected chi connectivity index (χ3v) is 7.06. The van der Waals surface area contributed by atoms with Gasteiger partial charge < -0.3 is 9.88 Å². The number of aromatic nitrogens is 3. The van der Waals surface area contributed by atoms with Crippen LogP contribution in [0.5, 0.6) is 0 Å². The molecule has 6 rings (SSSR count). The number of nitro groups is 1. The summed E-state index contributed by atoms with van der Waals surface area (Å²) in [4.78, 5) is 37.7. The molecule has 5 aromatic rings. The summed E-state index contributed by atoms with van der Waals surface area (Å²) in [5, 5.41) is 15.3. The number of nitrogens with one attached hydrogen (secondary N) is 1. The molecule has 37 heavy (non-hydrogen) atoms. The topological polar surface area (TPSA) is 104 Å². The number of hydrogen-bond donors (Lipinski definition) is 1. The first-order valence-corrected chi connectivity index (χ1v) is 11.8. The van der Waals surface area contributed by atoms with Crippen LogP contribution in [-0.2, 0) is 14.1 Å². The molecule has 0 saturated heterocycles. The normalized spacial score (nSPS) is 14.2. The van der Waals surface area contributed by atoms with Crippen LogP contribution in [-0.4, -0.2) is 18.6 Å². The molecule has 9 nitrogen and oxygen atoms in total. The van der Waals surface area contributed by atoms with Gasteiger partial charge in [0.25, 0.3) is 11.2 Å². The number of rotatable bonds is 3. The van der Waals surface area contributed by atoms with Crippen molar-refractivity contribution in [1.29, 1.82) is 0 Å². The van der Waals surface area contributed by atoms with Crippen molar-refractivity contribution in [3.05, 3.63) is 121 Å². The standard InChI is InChI=1S/C28H23N5O4/c1-16-7-6-8-18(15-16)24-22-25(30(2)28(35)31(3)27(22)34)26-23(17-11-13-19(14-12-17)33(36)37)29-20-9-4-5-10-21(20)32(24)26/h4-15,23,29H,1-3H3. The van der Waals surface area contributed by atoms with Crippen LogP contribution in [0.15, 0.2) is 82.4 Å². The molecule has 2 aromatic heterocycles. The first kappa shape index (κ1) is 22.5. The summed E-state index contributed by atoms with van der Waals surface area (Å²) in [7, 11) is 3.15. The fraction of sp³-hybridized carbons (Fsp3) is 0.143.